The summed E-state index contributed by atoms with van der Waals surface area (Å²) in [5, 5.41) is 11.5. The summed E-state index contributed by atoms with van der Waals surface area (Å²) in [7, 11) is 0. The third kappa shape index (κ3) is 3.40. The second kappa shape index (κ2) is 4.37. The Bertz CT molecular complexity index is 105. The molecule has 0 fully saturated rings. The van der Waals surface area contributed by atoms with Crippen molar-refractivity contribution in [2.45, 2.75) is 6.92 Å². The second-order valence-corrected chi connectivity index (χ2v) is 1.35. The molecule has 0 radical (unpaired) electrons. The molecular weight excluding hydrogens is 104 g/mol. The van der Waals surface area contributed by atoms with Crippen molar-refractivity contribution in [1.29, 1.82) is 0 Å². The van der Waals surface area contributed by atoms with Crippen LogP contribution in [0.25, 0.3) is 0 Å². The molecule has 2 N–H and O–H groups in total. The number of aliphatic hydroxyl groups is 1. The number of aliphatic hydroxyl groups excluding tert-OH is 1. The molecule has 0 aliphatic heterocycles. The SMILES string of the molecule is C=[N+]=C(O)CNCC. The Morgan fingerprint density at radius 3 is 2.88 bits per heavy atom. The molecule has 0 aromatic carbocycles. The molecule has 3 heteroatoms. The second-order valence-electron chi connectivity index (χ2n) is 1.35. The fourth-order valence-electron chi connectivity index (χ4n) is 0.293. The van der Waals surface area contributed by atoms with Gasteiger partial charge in [-0.1, -0.05) is 11.6 Å². The van der Waals surface area contributed by atoms with Gasteiger partial charge in [-0.25, -0.2) is 0 Å². The molecule has 0 aromatic heterocycles. The summed E-state index contributed by atoms with van der Waals surface area (Å²) >= 11 is 0. The maximum absolute atomic E-state index is 8.61. The van der Waals surface area contributed by atoms with Gasteiger partial charge >= 0.3 is 5.90 Å². The van der Waals surface area contributed by atoms with Crippen LogP contribution >= 0.6 is 0 Å². The number of nitrogens with zero attached hydrogens (tertiary/aromatic N) is 1. The van der Waals surface area contributed by atoms with Crippen LogP contribution in [0.2, 0.25) is 0 Å². The lowest BCUT2D eigenvalue weighted by atomic mass is 10.6. The lowest BCUT2D eigenvalue weighted by Gasteiger charge is -1.87. The number of nitrogens with one attached hydrogen (secondary N) is 1. The smallest absolute Gasteiger partial charge is 0.450 e. The third-order valence-corrected chi connectivity index (χ3v) is 0.716. The fourth-order valence-corrected chi connectivity index (χ4v) is 0.293. The maximum Gasteiger partial charge on any atom is 0.472 e. The van der Waals surface area contributed by atoms with Crippen LogP contribution in [0.3, 0.4) is 0 Å². The van der Waals surface area contributed by atoms with Gasteiger partial charge in [0.2, 0.25) is 0 Å². The Morgan fingerprint density at radius 1 is 1.88 bits per heavy atom. The van der Waals surface area contributed by atoms with E-state index < -0.39 is 0 Å². The molecule has 0 saturated carbocycles. The molecule has 0 bridgehead atoms. The Hall–Kier alpha value is -0.790. The monoisotopic (exact) mass is 115 g/mol. The lowest BCUT2D eigenvalue weighted by molar-refractivity contribution is 0.527. The van der Waals surface area contributed by atoms with E-state index in [0.29, 0.717) is 6.54 Å². The summed E-state index contributed by atoms with van der Waals surface area (Å²) in [5.74, 6) is 0.0480. The van der Waals surface area contributed by atoms with Gasteiger partial charge < -0.3 is 10.4 Å². The maximum atomic E-state index is 8.61. The zero-order valence-corrected chi connectivity index (χ0v) is 5.02. The van der Waals surface area contributed by atoms with Gasteiger partial charge in [-0.2, -0.15) is 0 Å². The summed E-state index contributed by atoms with van der Waals surface area (Å²) in [6, 6.07) is 0. The summed E-state index contributed by atoms with van der Waals surface area (Å²) < 4.78 is 3.29. The predicted molar refractivity (Wildman–Crippen MR) is 35.4 cm³/mol. The first-order valence-corrected chi connectivity index (χ1v) is 2.53. The normalized spacial score (nSPS) is 8.12. The van der Waals surface area contributed by atoms with E-state index in [1.54, 1.807) is 0 Å². The zero-order chi connectivity index (χ0) is 6.41. The number of likely N-dealkylation sites (N-methyl/N-ethyl adjacent to an activating group) is 1. The molecule has 3 nitrogen and oxygen atoms in total. The van der Waals surface area contributed by atoms with E-state index in [9.17, 15) is 0 Å². The van der Waals surface area contributed by atoms with E-state index in [0.717, 1.165) is 6.54 Å². The highest BCUT2D eigenvalue weighted by molar-refractivity contribution is 5.75. The van der Waals surface area contributed by atoms with Gasteiger partial charge in [-0.3, -0.25) is 0 Å². The molecule has 0 amide bonds. The van der Waals surface area contributed by atoms with Gasteiger partial charge in [0.05, 0.1) is 0 Å². The molecule has 46 valence electrons. The lowest BCUT2D eigenvalue weighted by Crippen LogP contribution is -2.23. The van der Waals surface area contributed by atoms with Crippen molar-refractivity contribution in [3.05, 3.63) is 0 Å². The van der Waals surface area contributed by atoms with Gasteiger partial charge in [0, 0.05) is 0 Å². The number of rotatable bonds is 3. The van der Waals surface area contributed by atoms with Gasteiger partial charge in [0.15, 0.2) is 0 Å². The minimum absolute atomic E-state index is 0.0480. The minimum Gasteiger partial charge on any atom is -0.450 e. The Morgan fingerprint density at radius 2 is 2.50 bits per heavy atom. The first-order chi connectivity index (χ1) is 3.81. The number of hydrogen-bond donors (Lipinski definition) is 2. The largest absolute Gasteiger partial charge is 0.472 e. The van der Waals surface area contributed by atoms with Gasteiger partial charge in [-0.05, 0) is 6.54 Å². The van der Waals surface area contributed by atoms with E-state index in [4.69, 9.17) is 5.11 Å². The molecule has 0 spiro atoms. The highest BCUT2D eigenvalue weighted by Crippen LogP contribution is 1.56. The van der Waals surface area contributed by atoms with Crippen LogP contribution in [0, 0.1) is 0 Å². The topological polar surface area (TPSA) is 46.4 Å². The molecule has 0 unspecified atom stereocenters. The highest BCUT2D eigenvalue weighted by Gasteiger charge is 1.99. The van der Waals surface area contributed by atoms with Crippen LogP contribution in [0.4, 0.5) is 0 Å². The minimum atomic E-state index is 0.0480. The van der Waals surface area contributed by atoms with Crippen molar-refractivity contribution in [3.63, 3.8) is 0 Å². The Labute approximate surface area is 48.8 Å². The van der Waals surface area contributed by atoms with Crippen molar-refractivity contribution < 1.29 is 5.11 Å². The predicted octanol–water partition coefficient (Wildman–Crippen LogP) is -0.680. The molecule has 0 rings (SSSR count). The van der Waals surface area contributed by atoms with Crippen LogP contribution in [-0.2, 0) is 0 Å². The van der Waals surface area contributed by atoms with E-state index in [1.165, 1.54) is 0 Å². The average molecular weight is 115 g/mol. The van der Waals surface area contributed by atoms with Crippen LogP contribution < -0.4 is 9.98 Å². The molecule has 0 heterocycles. The molecule has 0 aliphatic carbocycles. The van der Waals surface area contributed by atoms with Crippen LogP contribution in [0.15, 0.2) is 0 Å². The molecule has 8 heavy (non-hydrogen) atoms. The van der Waals surface area contributed by atoms with Gasteiger partial charge in [0.25, 0.3) is 6.72 Å². The summed E-state index contributed by atoms with van der Waals surface area (Å²) in [5.41, 5.74) is 0. The van der Waals surface area contributed by atoms with E-state index in [1.807, 2.05) is 6.92 Å². The summed E-state index contributed by atoms with van der Waals surface area (Å²) in [4.78, 5) is 0. The van der Waals surface area contributed by atoms with Gasteiger partial charge in [-0.15, -0.1) is 0 Å². The molecular formula is C5H11N2O+. The Kier molecular flexibility index (Phi) is 3.94. The van der Waals surface area contributed by atoms with E-state index in [2.05, 4.69) is 16.7 Å². The molecule has 0 atom stereocenters. The standard InChI is InChI=1S/C5H10N2O/c1-3-7-4-5(8)6-2/h7H,2-4H2,1H3/p+1. The van der Waals surface area contributed by atoms with Crippen molar-refractivity contribution in [1.82, 2.24) is 9.98 Å². The Balaban J connectivity index is 3.26. The summed E-state index contributed by atoms with van der Waals surface area (Å²) in [6.45, 7) is 6.34. The first-order valence-electron chi connectivity index (χ1n) is 2.53. The summed E-state index contributed by atoms with van der Waals surface area (Å²) in [6.07, 6.45) is 0. The van der Waals surface area contributed by atoms with Crippen molar-refractivity contribution in [2.75, 3.05) is 13.1 Å². The van der Waals surface area contributed by atoms with Crippen LogP contribution in [0.5, 0.6) is 0 Å². The zero-order valence-electron chi connectivity index (χ0n) is 5.02. The number of hydrogen-bond acceptors (Lipinski definition) is 1. The van der Waals surface area contributed by atoms with Crippen LogP contribution in [-0.4, -0.2) is 30.8 Å². The first kappa shape index (κ1) is 7.21. The van der Waals surface area contributed by atoms with E-state index >= 15 is 0 Å². The highest BCUT2D eigenvalue weighted by atomic mass is 16.3. The average Bonchev–Trinajstić information content (AvgIpc) is 1.83. The van der Waals surface area contributed by atoms with Crippen molar-refractivity contribution >= 4 is 12.6 Å². The molecule has 0 aliphatic rings. The fraction of sp³-hybridized carbons (Fsp3) is 0.600. The molecule has 0 aromatic rings. The van der Waals surface area contributed by atoms with Gasteiger partial charge in [0.1, 0.15) is 6.54 Å². The van der Waals surface area contributed by atoms with Crippen molar-refractivity contribution in [3.8, 4) is 0 Å². The molecule has 0 saturated heterocycles. The van der Waals surface area contributed by atoms with Crippen LogP contribution in [0.1, 0.15) is 6.92 Å². The third-order valence-electron chi connectivity index (χ3n) is 0.716. The van der Waals surface area contributed by atoms with Crippen molar-refractivity contribution in [2.24, 2.45) is 0 Å². The quantitative estimate of drug-likeness (QED) is 0.291. The van der Waals surface area contributed by atoms with E-state index in [-0.39, 0.29) is 5.90 Å².